The molecule has 0 aliphatic heterocycles. The summed E-state index contributed by atoms with van der Waals surface area (Å²) in [5.41, 5.74) is 6.79. The number of carbonyl (C=O) groups is 1. The zero-order valence-electron chi connectivity index (χ0n) is 8.25. The van der Waals surface area contributed by atoms with Gasteiger partial charge in [-0.2, -0.15) is 0 Å². The lowest BCUT2D eigenvalue weighted by molar-refractivity contribution is 0.0803. The van der Waals surface area contributed by atoms with Crippen LogP contribution in [0.2, 0.25) is 0 Å². The summed E-state index contributed by atoms with van der Waals surface area (Å²) < 4.78 is 0.880. The van der Waals surface area contributed by atoms with Crippen molar-refractivity contribution < 1.29 is 4.79 Å². The van der Waals surface area contributed by atoms with Crippen LogP contribution in [0.25, 0.3) is 0 Å². The average molecular weight is 257 g/mol. The van der Waals surface area contributed by atoms with Crippen LogP contribution in [-0.2, 0) is 0 Å². The van der Waals surface area contributed by atoms with Crippen LogP contribution in [0.3, 0.4) is 0 Å². The number of nitrogen functional groups attached to an aromatic ring is 1. The molecule has 0 bridgehead atoms. The van der Waals surface area contributed by atoms with Gasteiger partial charge in [0.15, 0.2) is 0 Å². The molecule has 14 heavy (non-hydrogen) atoms. The van der Waals surface area contributed by atoms with Crippen LogP contribution in [0, 0.1) is 0 Å². The molecule has 0 fully saturated rings. The molecule has 0 unspecified atom stereocenters. The third-order valence-corrected chi connectivity index (χ3v) is 2.56. The molecule has 1 aromatic carbocycles. The van der Waals surface area contributed by atoms with Gasteiger partial charge < -0.3 is 10.6 Å². The van der Waals surface area contributed by atoms with E-state index in [4.69, 9.17) is 5.73 Å². The zero-order chi connectivity index (χ0) is 10.7. The monoisotopic (exact) mass is 256 g/mol. The standard InChI is InChI=1S/C10H13BrN2O/c1-3-13(2)10(14)8-5-4-7(11)6-9(8)12/h4-6H,3,12H2,1-2H3. The third kappa shape index (κ3) is 2.26. The smallest absolute Gasteiger partial charge is 0.255 e. The Kier molecular flexibility index (Phi) is 3.52. The Morgan fingerprint density at radius 1 is 1.57 bits per heavy atom. The minimum absolute atomic E-state index is 0.0440. The summed E-state index contributed by atoms with van der Waals surface area (Å²) >= 11 is 3.29. The second-order valence-corrected chi connectivity index (χ2v) is 3.97. The van der Waals surface area contributed by atoms with Crippen LogP contribution < -0.4 is 5.73 Å². The van der Waals surface area contributed by atoms with E-state index in [0.29, 0.717) is 17.8 Å². The maximum Gasteiger partial charge on any atom is 0.255 e. The highest BCUT2D eigenvalue weighted by Crippen LogP contribution is 2.19. The summed E-state index contributed by atoms with van der Waals surface area (Å²) in [6, 6.07) is 5.28. The fraction of sp³-hybridized carbons (Fsp3) is 0.300. The highest BCUT2D eigenvalue weighted by atomic mass is 79.9. The normalized spacial score (nSPS) is 9.93. The number of hydrogen-bond acceptors (Lipinski definition) is 2. The molecule has 0 spiro atoms. The van der Waals surface area contributed by atoms with E-state index in [1.54, 1.807) is 24.1 Å². The topological polar surface area (TPSA) is 46.3 Å². The van der Waals surface area contributed by atoms with Gasteiger partial charge in [-0.15, -0.1) is 0 Å². The quantitative estimate of drug-likeness (QED) is 0.825. The fourth-order valence-corrected chi connectivity index (χ4v) is 1.46. The first-order chi connectivity index (χ1) is 6.56. The number of benzene rings is 1. The summed E-state index contributed by atoms with van der Waals surface area (Å²) in [6.45, 7) is 2.60. The largest absolute Gasteiger partial charge is 0.398 e. The molecular formula is C10H13BrN2O. The van der Waals surface area contributed by atoms with Gasteiger partial charge in [0, 0.05) is 23.8 Å². The van der Waals surface area contributed by atoms with Gasteiger partial charge in [-0.05, 0) is 25.1 Å². The van der Waals surface area contributed by atoms with Crippen molar-refractivity contribution in [3.05, 3.63) is 28.2 Å². The number of carbonyl (C=O) groups excluding carboxylic acids is 1. The summed E-state index contributed by atoms with van der Waals surface area (Å²) in [6.07, 6.45) is 0. The molecule has 2 N–H and O–H groups in total. The summed E-state index contributed by atoms with van der Waals surface area (Å²) in [5.74, 6) is -0.0440. The maximum absolute atomic E-state index is 11.7. The lowest BCUT2D eigenvalue weighted by Crippen LogP contribution is -2.26. The Morgan fingerprint density at radius 3 is 2.71 bits per heavy atom. The van der Waals surface area contributed by atoms with Crippen LogP contribution in [-0.4, -0.2) is 24.4 Å². The van der Waals surface area contributed by atoms with Crippen molar-refractivity contribution in [3.63, 3.8) is 0 Å². The van der Waals surface area contributed by atoms with Gasteiger partial charge in [-0.25, -0.2) is 0 Å². The van der Waals surface area contributed by atoms with Gasteiger partial charge in [0.05, 0.1) is 5.56 Å². The van der Waals surface area contributed by atoms with Crippen molar-refractivity contribution in [1.29, 1.82) is 0 Å². The van der Waals surface area contributed by atoms with E-state index in [1.807, 2.05) is 13.0 Å². The summed E-state index contributed by atoms with van der Waals surface area (Å²) in [5, 5.41) is 0. The number of halogens is 1. The van der Waals surface area contributed by atoms with E-state index >= 15 is 0 Å². The molecule has 0 aliphatic carbocycles. The van der Waals surface area contributed by atoms with Crippen LogP contribution in [0.4, 0.5) is 5.69 Å². The molecule has 0 heterocycles. The minimum Gasteiger partial charge on any atom is -0.398 e. The Morgan fingerprint density at radius 2 is 2.21 bits per heavy atom. The van der Waals surface area contributed by atoms with E-state index in [-0.39, 0.29) is 5.91 Å². The predicted molar refractivity (Wildman–Crippen MR) is 61.2 cm³/mol. The second kappa shape index (κ2) is 4.46. The zero-order valence-corrected chi connectivity index (χ0v) is 9.84. The highest BCUT2D eigenvalue weighted by Gasteiger charge is 2.12. The van der Waals surface area contributed by atoms with Gasteiger partial charge in [-0.1, -0.05) is 15.9 Å². The van der Waals surface area contributed by atoms with Crippen molar-refractivity contribution in [3.8, 4) is 0 Å². The van der Waals surface area contributed by atoms with Gasteiger partial charge in [0.25, 0.3) is 5.91 Å². The van der Waals surface area contributed by atoms with Crippen molar-refractivity contribution in [2.24, 2.45) is 0 Å². The average Bonchev–Trinajstić information content (AvgIpc) is 2.15. The molecule has 0 aliphatic rings. The van der Waals surface area contributed by atoms with Crippen molar-refractivity contribution in [2.75, 3.05) is 19.3 Å². The molecule has 0 radical (unpaired) electrons. The van der Waals surface area contributed by atoms with Gasteiger partial charge in [0.1, 0.15) is 0 Å². The van der Waals surface area contributed by atoms with Gasteiger partial charge in [0.2, 0.25) is 0 Å². The van der Waals surface area contributed by atoms with E-state index in [9.17, 15) is 4.79 Å². The van der Waals surface area contributed by atoms with E-state index in [0.717, 1.165) is 4.47 Å². The first-order valence-corrected chi connectivity index (χ1v) is 5.16. The fourth-order valence-electron chi connectivity index (χ4n) is 1.08. The predicted octanol–water partition coefficient (Wildman–Crippen LogP) is 2.12. The molecule has 3 nitrogen and oxygen atoms in total. The first-order valence-electron chi connectivity index (χ1n) is 4.36. The van der Waals surface area contributed by atoms with Gasteiger partial charge >= 0.3 is 0 Å². The number of nitrogens with two attached hydrogens (primary N) is 1. The Labute approximate surface area is 92.0 Å². The first kappa shape index (κ1) is 11.0. The minimum atomic E-state index is -0.0440. The second-order valence-electron chi connectivity index (χ2n) is 3.05. The molecule has 0 aromatic heterocycles. The lowest BCUT2D eigenvalue weighted by Gasteiger charge is -2.15. The van der Waals surface area contributed by atoms with E-state index < -0.39 is 0 Å². The summed E-state index contributed by atoms with van der Waals surface area (Å²) in [4.78, 5) is 13.4. The molecule has 1 aromatic rings. The maximum atomic E-state index is 11.7. The molecule has 0 saturated heterocycles. The van der Waals surface area contributed by atoms with Crippen molar-refractivity contribution in [2.45, 2.75) is 6.92 Å². The van der Waals surface area contributed by atoms with Crippen LogP contribution in [0.1, 0.15) is 17.3 Å². The Bertz CT molecular complexity index is 352. The molecule has 76 valence electrons. The molecular weight excluding hydrogens is 244 g/mol. The van der Waals surface area contributed by atoms with Gasteiger partial charge in [-0.3, -0.25) is 4.79 Å². The molecule has 1 amide bonds. The Balaban J connectivity index is 3.02. The van der Waals surface area contributed by atoms with Crippen LogP contribution in [0.15, 0.2) is 22.7 Å². The van der Waals surface area contributed by atoms with E-state index in [1.165, 1.54) is 0 Å². The van der Waals surface area contributed by atoms with Crippen molar-refractivity contribution in [1.82, 2.24) is 4.90 Å². The van der Waals surface area contributed by atoms with Crippen LogP contribution in [0.5, 0.6) is 0 Å². The lowest BCUT2D eigenvalue weighted by atomic mass is 10.1. The summed E-state index contributed by atoms with van der Waals surface area (Å²) in [7, 11) is 1.75. The highest BCUT2D eigenvalue weighted by molar-refractivity contribution is 9.10. The van der Waals surface area contributed by atoms with Crippen LogP contribution >= 0.6 is 15.9 Å². The molecule has 0 saturated carbocycles. The number of rotatable bonds is 2. The SMILES string of the molecule is CCN(C)C(=O)c1ccc(Br)cc1N. The number of amides is 1. The number of hydrogen-bond donors (Lipinski definition) is 1. The third-order valence-electron chi connectivity index (χ3n) is 2.07. The molecule has 4 heteroatoms. The number of nitrogens with zero attached hydrogens (tertiary/aromatic N) is 1. The number of anilines is 1. The van der Waals surface area contributed by atoms with Crippen molar-refractivity contribution >= 4 is 27.5 Å². The van der Waals surface area contributed by atoms with E-state index in [2.05, 4.69) is 15.9 Å². The Hall–Kier alpha value is -1.03. The molecule has 1 rings (SSSR count). The molecule has 0 atom stereocenters.